The summed E-state index contributed by atoms with van der Waals surface area (Å²) in [5, 5.41) is 11.4. The molecule has 2 nitrogen and oxygen atoms in total. The van der Waals surface area contributed by atoms with Gasteiger partial charge >= 0.3 is 6.18 Å². The molecule has 0 fully saturated rings. The van der Waals surface area contributed by atoms with Gasteiger partial charge in [-0.2, -0.15) is 13.2 Å². The molecule has 0 aliphatic heterocycles. The summed E-state index contributed by atoms with van der Waals surface area (Å²) < 4.78 is 35.5. The van der Waals surface area contributed by atoms with Gasteiger partial charge in [-0.25, -0.2) is 0 Å². The molecule has 1 rings (SSSR count). The highest BCUT2D eigenvalue weighted by atomic mass is 19.4. The van der Waals surface area contributed by atoms with Crippen molar-refractivity contribution >= 4 is 5.69 Å². The third-order valence-electron chi connectivity index (χ3n) is 1.89. The van der Waals surface area contributed by atoms with Crippen molar-refractivity contribution in [1.29, 1.82) is 0 Å². The minimum absolute atomic E-state index is 0.386. The Kier molecular flexibility index (Phi) is 3.57. The van der Waals surface area contributed by atoms with Gasteiger partial charge < -0.3 is 10.4 Å². The van der Waals surface area contributed by atoms with Crippen LogP contribution in [-0.2, 0) is 0 Å². The molecule has 0 aromatic heterocycles. The van der Waals surface area contributed by atoms with Crippen LogP contribution in [0, 0.1) is 0 Å². The normalized spacial score (nSPS) is 13.7. The fourth-order valence-electron chi connectivity index (χ4n) is 1.08. The van der Waals surface area contributed by atoms with E-state index in [1.54, 1.807) is 19.1 Å². The Morgan fingerprint density at radius 1 is 1.27 bits per heavy atom. The SMILES string of the molecule is CC(O)c1ccc(NCC(F)(F)F)cc1. The largest absolute Gasteiger partial charge is 0.405 e. The number of halogens is 3. The predicted octanol–water partition coefficient (Wildman–Crippen LogP) is 2.71. The molecule has 84 valence electrons. The van der Waals surface area contributed by atoms with Crippen molar-refractivity contribution in [2.24, 2.45) is 0 Å². The number of anilines is 1. The van der Waals surface area contributed by atoms with Gasteiger partial charge in [0.15, 0.2) is 0 Å². The number of hydrogen-bond donors (Lipinski definition) is 2. The summed E-state index contributed by atoms with van der Waals surface area (Å²) in [5.41, 5.74) is 1.06. The van der Waals surface area contributed by atoms with Crippen LogP contribution in [-0.4, -0.2) is 17.8 Å². The molecule has 1 aromatic rings. The Bertz CT molecular complexity index is 305. The number of nitrogens with one attached hydrogen (secondary N) is 1. The summed E-state index contributed by atoms with van der Waals surface area (Å²) >= 11 is 0. The molecule has 0 aliphatic rings. The predicted molar refractivity (Wildman–Crippen MR) is 51.6 cm³/mol. The molecule has 0 aliphatic carbocycles. The monoisotopic (exact) mass is 219 g/mol. The molecule has 5 heteroatoms. The van der Waals surface area contributed by atoms with Crippen molar-refractivity contribution in [2.75, 3.05) is 11.9 Å². The van der Waals surface area contributed by atoms with Crippen molar-refractivity contribution in [3.63, 3.8) is 0 Å². The minimum Gasteiger partial charge on any atom is -0.389 e. The summed E-state index contributed by atoms with van der Waals surface area (Å²) in [7, 11) is 0. The maximum Gasteiger partial charge on any atom is 0.405 e. The second-order valence-electron chi connectivity index (χ2n) is 3.27. The zero-order valence-corrected chi connectivity index (χ0v) is 8.17. The first-order valence-corrected chi connectivity index (χ1v) is 4.47. The quantitative estimate of drug-likeness (QED) is 0.819. The van der Waals surface area contributed by atoms with E-state index in [2.05, 4.69) is 5.32 Å². The molecule has 0 saturated heterocycles. The highest BCUT2D eigenvalue weighted by molar-refractivity contribution is 5.45. The first-order valence-electron chi connectivity index (χ1n) is 4.47. The number of aliphatic hydroxyl groups is 1. The summed E-state index contributed by atoms with van der Waals surface area (Å²) in [4.78, 5) is 0. The Labute approximate surface area is 85.7 Å². The Hall–Kier alpha value is -1.23. The topological polar surface area (TPSA) is 32.3 Å². The van der Waals surface area contributed by atoms with Crippen LogP contribution in [0.25, 0.3) is 0 Å². The van der Waals surface area contributed by atoms with Crippen LogP contribution in [0.1, 0.15) is 18.6 Å². The molecule has 0 radical (unpaired) electrons. The molecule has 1 atom stereocenters. The van der Waals surface area contributed by atoms with Crippen LogP contribution >= 0.6 is 0 Å². The summed E-state index contributed by atoms with van der Waals surface area (Å²) in [5.74, 6) is 0. The van der Waals surface area contributed by atoms with Gasteiger partial charge in [0.25, 0.3) is 0 Å². The molecule has 0 spiro atoms. The molecule has 0 heterocycles. The fourth-order valence-corrected chi connectivity index (χ4v) is 1.08. The van der Waals surface area contributed by atoms with E-state index in [0.717, 1.165) is 0 Å². The maximum atomic E-state index is 11.8. The molecule has 15 heavy (non-hydrogen) atoms. The van der Waals surface area contributed by atoms with E-state index in [1.165, 1.54) is 12.1 Å². The van der Waals surface area contributed by atoms with Crippen molar-refractivity contribution in [1.82, 2.24) is 0 Å². The van der Waals surface area contributed by atoms with Crippen LogP contribution in [0.3, 0.4) is 0 Å². The molecule has 1 aromatic carbocycles. The first-order chi connectivity index (χ1) is 6.88. The van der Waals surface area contributed by atoms with Crippen LogP contribution in [0.15, 0.2) is 24.3 Å². The van der Waals surface area contributed by atoms with Gasteiger partial charge in [-0.3, -0.25) is 0 Å². The van der Waals surface area contributed by atoms with Gasteiger partial charge in [0, 0.05) is 5.69 Å². The van der Waals surface area contributed by atoms with E-state index in [9.17, 15) is 18.3 Å². The van der Waals surface area contributed by atoms with Gasteiger partial charge in [-0.15, -0.1) is 0 Å². The summed E-state index contributed by atoms with van der Waals surface area (Å²) in [6, 6.07) is 6.19. The molecule has 0 saturated carbocycles. The van der Waals surface area contributed by atoms with Crippen molar-refractivity contribution in [3.8, 4) is 0 Å². The zero-order chi connectivity index (χ0) is 11.5. The Balaban J connectivity index is 2.57. The van der Waals surface area contributed by atoms with Gasteiger partial charge in [-0.05, 0) is 24.6 Å². The number of alkyl halides is 3. The molecular weight excluding hydrogens is 207 g/mol. The lowest BCUT2D eigenvalue weighted by molar-refractivity contribution is -0.115. The standard InChI is InChI=1S/C10H12F3NO/c1-7(15)8-2-4-9(5-3-8)14-6-10(11,12)13/h2-5,7,14-15H,6H2,1H3. The molecule has 2 N–H and O–H groups in total. The third kappa shape index (κ3) is 4.20. The van der Waals surface area contributed by atoms with E-state index >= 15 is 0 Å². The van der Waals surface area contributed by atoms with Gasteiger partial charge in [0.2, 0.25) is 0 Å². The Morgan fingerprint density at radius 3 is 2.20 bits per heavy atom. The van der Waals surface area contributed by atoms with Crippen molar-refractivity contribution in [3.05, 3.63) is 29.8 Å². The van der Waals surface area contributed by atoms with E-state index in [4.69, 9.17) is 0 Å². The van der Waals surface area contributed by atoms with Gasteiger partial charge in [-0.1, -0.05) is 12.1 Å². The van der Waals surface area contributed by atoms with Gasteiger partial charge in [0.05, 0.1) is 6.10 Å². The second-order valence-corrected chi connectivity index (χ2v) is 3.27. The highest BCUT2D eigenvalue weighted by Crippen LogP contribution is 2.18. The maximum absolute atomic E-state index is 11.8. The van der Waals surface area contributed by atoms with Crippen molar-refractivity contribution < 1.29 is 18.3 Å². The third-order valence-corrected chi connectivity index (χ3v) is 1.89. The lowest BCUT2D eigenvalue weighted by Crippen LogP contribution is -2.21. The lowest BCUT2D eigenvalue weighted by Gasteiger charge is -2.10. The average Bonchev–Trinajstić information content (AvgIpc) is 2.14. The van der Waals surface area contributed by atoms with E-state index in [0.29, 0.717) is 11.3 Å². The number of rotatable bonds is 3. The van der Waals surface area contributed by atoms with Crippen molar-refractivity contribution in [2.45, 2.75) is 19.2 Å². The summed E-state index contributed by atoms with van der Waals surface area (Å²) in [6.07, 6.45) is -4.83. The number of hydrogen-bond acceptors (Lipinski definition) is 2. The second kappa shape index (κ2) is 4.53. The molecular formula is C10H12F3NO. The van der Waals surface area contributed by atoms with Crippen LogP contribution in [0.5, 0.6) is 0 Å². The molecule has 0 amide bonds. The van der Waals surface area contributed by atoms with E-state index in [1.807, 2.05) is 0 Å². The lowest BCUT2D eigenvalue weighted by atomic mass is 10.1. The minimum atomic E-state index is -4.22. The zero-order valence-electron chi connectivity index (χ0n) is 8.17. The van der Waals surface area contributed by atoms with Crippen LogP contribution < -0.4 is 5.32 Å². The molecule has 1 unspecified atom stereocenters. The van der Waals surface area contributed by atoms with Crippen LogP contribution in [0.2, 0.25) is 0 Å². The smallest absolute Gasteiger partial charge is 0.389 e. The summed E-state index contributed by atoms with van der Waals surface area (Å²) in [6.45, 7) is 0.541. The first kappa shape index (κ1) is 11.8. The van der Waals surface area contributed by atoms with E-state index < -0.39 is 18.8 Å². The number of benzene rings is 1. The highest BCUT2D eigenvalue weighted by Gasteiger charge is 2.26. The fraction of sp³-hybridized carbons (Fsp3) is 0.400. The number of aliphatic hydroxyl groups excluding tert-OH is 1. The van der Waals surface area contributed by atoms with E-state index in [-0.39, 0.29) is 0 Å². The molecule has 0 bridgehead atoms. The Morgan fingerprint density at radius 2 is 1.80 bits per heavy atom. The van der Waals surface area contributed by atoms with Gasteiger partial charge in [0.1, 0.15) is 6.54 Å². The average molecular weight is 219 g/mol. The van der Waals surface area contributed by atoms with Crippen LogP contribution in [0.4, 0.5) is 18.9 Å².